The summed E-state index contributed by atoms with van der Waals surface area (Å²) in [6, 6.07) is -0.820. The van der Waals surface area contributed by atoms with Gasteiger partial charge >= 0.3 is 5.97 Å². The Bertz CT molecular complexity index is 1650. The van der Waals surface area contributed by atoms with Gasteiger partial charge in [0.2, 0.25) is 35.4 Å². The lowest BCUT2D eigenvalue weighted by atomic mass is 9.98. The normalized spacial score (nSPS) is 16.8. The van der Waals surface area contributed by atoms with Crippen LogP contribution in [0.2, 0.25) is 0 Å². The fourth-order valence-electron chi connectivity index (χ4n) is 6.24. The van der Waals surface area contributed by atoms with E-state index in [1.54, 1.807) is 53.7 Å². The third-order valence-electron chi connectivity index (χ3n) is 9.37. The van der Waals surface area contributed by atoms with Gasteiger partial charge in [-0.15, -0.1) is 0 Å². The SMILES string of the molecule is CC(C)[C@H](NC(=O)[C@@H]1CCCN1C(=O)[C@@H](Cc1cnc[nH]1)NC(=O)[C@H](NC(=O)[C@@H](Cc1ccc(O)cc1)NC(=O)[C@H](NC(=O)CN)C(C)C)C(C)C)C(=O)O. The van der Waals surface area contributed by atoms with Gasteiger partial charge in [0.05, 0.1) is 12.9 Å². The number of carbonyl (C=O) groups is 7. The molecule has 3 rings (SSSR count). The van der Waals surface area contributed by atoms with Crippen LogP contribution in [0.4, 0.5) is 0 Å². The second kappa shape index (κ2) is 20.2. The largest absolute Gasteiger partial charge is 0.508 e. The number of benzene rings is 1. The molecule has 1 fully saturated rings. The number of carboxylic acid groups (broad SMARTS) is 1. The Morgan fingerprint density at radius 1 is 0.800 bits per heavy atom. The lowest BCUT2D eigenvalue weighted by molar-refractivity contribution is -0.146. The molecule has 6 atom stereocenters. The first-order valence-corrected chi connectivity index (χ1v) is 18.4. The summed E-state index contributed by atoms with van der Waals surface area (Å²) >= 11 is 0. The first-order valence-electron chi connectivity index (χ1n) is 18.4. The van der Waals surface area contributed by atoms with Gasteiger partial charge in [-0.25, -0.2) is 9.78 Å². The maximum absolute atomic E-state index is 14.2. The molecule has 10 N–H and O–H groups in total. The molecule has 2 heterocycles. The van der Waals surface area contributed by atoms with E-state index in [4.69, 9.17) is 5.73 Å². The highest BCUT2D eigenvalue weighted by molar-refractivity contribution is 5.97. The van der Waals surface area contributed by atoms with E-state index < -0.39 is 89.5 Å². The molecule has 1 saturated heterocycles. The van der Waals surface area contributed by atoms with Gasteiger partial charge in [-0.2, -0.15) is 0 Å². The minimum absolute atomic E-state index is 0.00479. The van der Waals surface area contributed by atoms with Crippen LogP contribution in [0.15, 0.2) is 36.8 Å². The molecule has 18 nitrogen and oxygen atoms in total. The molecular weight excluding hydrogens is 714 g/mol. The van der Waals surface area contributed by atoms with Gasteiger partial charge < -0.3 is 52.4 Å². The topological polar surface area (TPSA) is 278 Å². The van der Waals surface area contributed by atoms with E-state index in [1.165, 1.54) is 29.6 Å². The summed E-state index contributed by atoms with van der Waals surface area (Å²) in [4.78, 5) is 101. The smallest absolute Gasteiger partial charge is 0.326 e. The summed E-state index contributed by atoms with van der Waals surface area (Å²) < 4.78 is 0. The van der Waals surface area contributed by atoms with Crippen molar-refractivity contribution in [1.82, 2.24) is 41.5 Å². The van der Waals surface area contributed by atoms with Crippen molar-refractivity contribution in [3.63, 3.8) is 0 Å². The summed E-state index contributed by atoms with van der Waals surface area (Å²) in [6.07, 6.45) is 3.58. The van der Waals surface area contributed by atoms with Crippen LogP contribution in [0.5, 0.6) is 5.75 Å². The highest BCUT2D eigenvalue weighted by Gasteiger charge is 2.40. The number of phenolic OH excluding ortho intramolecular Hbond substituents is 1. The molecular formula is C37H55N9O9. The zero-order chi connectivity index (χ0) is 41.0. The summed E-state index contributed by atoms with van der Waals surface area (Å²) in [7, 11) is 0. The van der Waals surface area contributed by atoms with Crippen LogP contribution in [0.3, 0.4) is 0 Å². The highest BCUT2D eigenvalue weighted by atomic mass is 16.4. The fourth-order valence-corrected chi connectivity index (χ4v) is 6.24. The van der Waals surface area contributed by atoms with Crippen LogP contribution < -0.4 is 32.3 Å². The lowest BCUT2D eigenvalue weighted by Gasteiger charge is -2.31. The molecule has 1 aromatic carbocycles. The number of carboxylic acids is 1. The number of amides is 6. The predicted octanol–water partition coefficient (Wildman–Crippen LogP) is -0.673. The first kappa shape index (κ1) is 43.9. The van der Waals surface area contributed by atoms with Crippen molar-refractivity contribution in [1.29, 1.82) is 0 Å². The first-order chi connectivity index (χ1) is 25.9. The number of hydrogen-bond donors (Lipinski definition) is 9. The molecule has 302 valence electrons. The molecule has 0 aliphatic carbocycles. The second-order valence-electron chi connectivity index (χ2n) is 14.8. The van der Waals surface area contributed by atoms with Crippen molar-refractivity contribution in [3.05, 3.63) is 48.0 Å². The number of nitrogens with one attached hydrogen (secondary N) is 6. The van der Waals surface area contributed by atoms with Gasteiger partial charge in [0.15, 0.2) is 0 Å². The molecule has 55 heavy (non-hydrogen) atoms. The van der Waals surface area contributed by atoms with Gasteiger partial charge in [-0.3, -0.25) is 28.8 Å². The Hall–Kier alpha value is -5.52. The monoisotopic (exact) mass is 769 g/mol. The number of aromatic nitrogens is 2. The summed E-state index contributed by atoms with van der Waals surface area (Å²) in [5.41, 5.74) is 6.53. The number of likely N-dealkylation sites (tertiary alicyclic amines) is 1. The molecule has 0 spiro atoms. The summed E-state index contributed by atoms with van der Waals surface area (Å²) in [5, 5.41) is 32.7. The van der Waals surface area contributed by atoms with Crippen LogP contribution in [0.25, 0.3) is 0 Å². The van der Waals surface area contributed by atoms with Crippen molar-refractivity contribution in [2.45, 2.75) is 103 Å². The van der Waals surface area contributed by atoms with Crippen LogP contribution in [0.1, 0.15) is 65.6 Å². The van der Waals surface area contributed by atoms with E-state index >= 15 is 0 Å². The van der Waals surface area contributed by atoms with Crippen molar-refractivity contribution in [2.24, 2.45) is 23.5 Å². The molecule has 0 saturated carbocycles. The number of aliphatic carboxylic acids is 1. The van der Waals surface area contributed by atoms with E-state index in [9.17, 15) is 43.8 Å². The van der Waals surface area contributed by atoms with E-state index in [1.807, 2.05) is 0 Å². The molecule has 18 heteroatoms. The molecule has 1 aliphatic rings. The van der Waals surface area contributed by atoms with Crippen LogP contribution in [-0.4, -0.2) is 116 Å². The molecule has 0 bridgehead atoms. The van der Waals surface area contributed by atoms with Crippen molar-refractivity contribution < 1.29 is 43.8 Å². The standard InChI is InChI=1S/C37H55N9O9/c1-19(2)29(43-28(48)16-38)34(51)41-25(14-22-9-11-24(47)12-10-22)32(49)44-30(20(3)4)35(52)42-26(15-23-17-39-18-40-23)36(53)46-13-7-8-27(46)33(50)45-31(21(5)6)37(54)55/h9-12,17-21,25-27,29-31,47H,7-8,13-16,38H2,1-6H3,(H,39,40)(H,41,51)(H,42,52)(H,43,48)(H,44,49)(H,45,50)(H,54,55)/t25-,26-,27+,29-,30-,31+/m1/s1. The van der Waals surface area contributed by atoms with Gasteiger partial charge in [0.25, 0.3) is 0 Å². The minimum Gasteiger partial charge on any atom is -0.508 e. The Labute approximate surface area is 320 Å². The van der Waals surface area contributed by atoms with Gasteiger partial charge in [-0.1, -0.05) is 53.7 Å². The highest BCUT2D eigenvalue weighted by Crippen LogP contribution is 2.21. The average Bonchev–Trinajstić information content (AvgIpc) is 3.84. The van der Waals surface area contributed by atoms with Crippen molar-refractivity contribution in [3.8, 4) is 5.75 Å². The molecule has 0 unspecified atom stereocenters. The second-order valence-corrected chi connectivity index (χ2v) is 14.8. The van der Waals surface area contributed by atoms with Crippen LogP contribution >= 0.6 is 0 Å². The predicted molar refractivity (Wildman–Crippen MR) is 200 cm³/mol. The molecule has 1 aromatic heterocycles. The van der Waals surface area contributed by atoms with E-state index in [0.29, 0.717) is 24.1 Å². The maximum Gasteiger partial charge on any atom is 0.326 e. The third kappa shape index (κ3) is 12.5. The fraction of sp³-hybridized carbons (Fsp3) is 0.568. The number of aromatic amines is 1. The molecule has 2 aromatic rings. The number of rotatable bonds is 19. The molecule has 1 aliphatic heterocycles. The molecule has 6 amide bonds. The van der Waals surface area contributed by atoms with Crippen LogP contribution in [-0.2, 0) is 46.4 Å². The Morgan fingerprint density at radius 2 is 1.38 bits per heavy atom. The van der Waals surface area contributed by atoms with Crippen LogP contribution in [0, 0.1) is 17.8 Å². The number of carbonyl (C=O) groups excluding carboxylic acids is 6. The number of H-pyrrole nitrogens is 1. The number of nitrogens with zero attached hydrogens (tertiary/aromatic N) is 2. The quantitative estimate of drug-likeness (QED) is 0.0864. The van der Waals surface area contributed by atoms with Crippen molar-refractivity contribution in [2.75, 3.05) is 13.1 Å². The Kier molecular flexibility index (Phi) is 16.1. The zero-order valence-electron chi connectivity index (χ0n) is 32.1. The lowest BCUT2D eigenvalue weighted by Crippen LogP contribution is -2.61. The number of hydrogen-bond acceptors (Lipinski definition) is 10. The van der Waals surface area contributed by atoms with E-state index in [0.717, 1.165) is 0 Å². The average molecular weight is 770 g/mol. The number of aromatic hydroxyl groups is 1. The van der Waals surface area contributed by atoms with Crippen molar-refractivity contribution >= 4 is 41.4 Å². The summed E-state index contributed by atoms with van der Waals surface area (Å²) in [5.74, 6) is -6.36. The Morgan fingerprint density at radius 3 is 1.91 bits per heavy atom. The van der Waals surface area contributed by atoms with Gasteiger partial charge in [0.1, 0.15) is 42.0 Å². The third-order valence-corrected chi connectivity index (χ3v) is 9.37. The molecule has 0 radical (unpaired) electrons. The van der Waals surface area contributed by atoms with Gasteiger partial charge in [-0.05, 0) is 48.3 Å². The van der Waals surface area contributed by atoms with Gasteiger partial charge in [0, 0.05) is 31.3 Å². The number of imidazole rings is 1. The summed E-state index contributed by atoms with van der Waals surface area (Å²) in [6.45, 7) is 9.97. The Balaban J connectivity index is 1.87. The zero-order valence-corrected chi connectivity index (χ0v) is 32.1. The van der Waals surface area contributed by atoms with E-state index in [-0.39, 0.29) is 37.6 Å². The number of phenols is 1. The maximum atomic E-state index is 14.2. The van der Waals surface area contributed by atoms with E-state index in [2.05, 4.69) is 36.6 Å². The number of nitrogens with two attached hydrogens (primary N) is 1. The minimum atomic E-state index is -1.24.